The van der Waals surface area contributed by atoms with Gasteiger partial charge in [-0.15, -0.1) is 0 Å². The van der Waals surface area contributed by atoms with E-state index in [1.165, 1.54) is 4.90 Å². The monoisotopic (exact) mass is 477 g/mol. The maximum absolute atomic E-state index is 13.3. The number of Topliss-reactive ketones (excluding diaryl/α,β-unsaturated/α-hetero) is 1. The van der Waals surface area contributed by atoms with Crippen LogP contribution < -0.4 is 4.74 Å². The number of hydrogen-bond acceptors (Lipinski definition) is 6. The van der Waals surface area contributed by atoms with Gasteiger partial charge in [0.05, 0.1) is 23.9 Å². The lowest BCUT2D eigenvalue weighted by atomic mass is 9.96. The van der Waals surface area contributed by atoms with E-state index in [0.29, 0.717) is 48.8 Å². The lowest BCUT2D eigenvalue weighted by Crippen LogP contribution is -2.31. The number of carbonyl (C=O) groups is 2. The van der Waals surface area contributed by atoms with Crippen molar-refractivity contribution >= 4 is 23.1 Å². The van der Waals surface area contributed by atoms with Crippen molar-refractivity contribution in [1.82, 2.24) is 14.3 Å². The number of aliphatic hydroxyl groups excluding tert-OH is 1. The Hall–Kier alpha value is -3.65. The number of ketones is 1. The molecule has 35 heavy (non-hydrogen) atoms. The van der Waals surface area contributed by atoms with Gasteiger partial charge in [0, 0.05) is 26.5 Å². The van der Waals surface area contributed by atoms with Gasteiger partial charge >= 0.3 is 0 Å². The minimum absolute atomic E-state index is 0.0317. The Morgan fingerprint density at radius 3 is 2.66 bits per heavy atom. The number of nitrogens with zero attached hydrogens (tertiary/aromatic N) is 3. The first-order chi connectivity index (χ1) is 16.9. The Balaban J connectivity index is 1.87. The lowest BCUT2D eigenvalue weighted by Gasteiger charge is -2.25. The van der Waals surface area contributed by atoms with Crippen LogP contribution in [0.25, 0.3) is 11.4 Å². The van der Waals surface area contributed by atoms with E-state index >= 15 is 0 Å². The number of aromatic nitrogens is 2. The van der Waals surface area contributed by atoms with Crippen LogP contribution in [0.3, 0.4) is 0 Å². The van der Waals surface area contributed by atoms with Gasteiger partial charge in [-0.05, 0) is 56.0 Å². The Kier molecular flexibility index (Phi) is 7.21. The smallest absolute Gasteiger partial charge is 0.295 e. The van der Waals surface area contributed by atoms with Crippen molar-refractivity contribution < 1.29 is 24.2 Å². The Labute approximate surface area is 204 Å². The molecule has 1 amide bonds. The maximum atomic E-state index is 13.3. The van der Waals surface area contributed by atoms with E-state index in [9.17, 15) is 14.7 Å². The molecule has 1 fully saturated rings. The Bertz CT molecular complexity index is 1290. The molecule has 184 valence electrons. The van der Waals surface area contributed by atoms with Gasteiger partial charge in [0.25, 0.3) is 11.7 Å². The van der Waals surface area contributed by atoms with Crippen LogP contribution in [0, 0.1) is 13.8 Å². The normalized spacial score (nSPS) is 17.5. The second-order valence-electron chi connectivity index (χ2n) is 8.69. The van der Waals surface area contributed by atoms with E-state index in [0.717, 1.165) is 12.0 Å². The van der Waals surface area contributed by atoms with Gasteiger partial charge in [0.2, 0.25) is 0 Å². The summed E-state index contributed by atoms with van der Waals surface area (Å²) in [6.07, 6.45) is 3.27. The Morgan fingerprint density at radius 2 is 1.94 bits per heavy atom. The lowest BCUT2D eigenvalue weighted by molar-refractivity contribution is -0.140. The third kappa shape index (κ3) is 4.53. The standard InChI is InChI=1S/C27H31N3O5/c1-5-14-35-20-11-6-10-19(16-20)23-21(25(32)27(33)30(23)13-8-15-34-4)24(31)22-18(3)29-12-7-9-17(2)26(29)28-22/h6-7,9-12,16,23,31H,5,8,13-15H2,1-4H3. The highest BCUT2D eigenvalue weighted by molar-refractivity contribution is 6.46. The molecule has 2 aromatic heterocycles. The fourth-order valence-electron chi connectivity index (χ4n) is 4.50. The van der Waals surface area contributed by atoms with Crippen molar-refractivity contribution in [3.8, 4) is 5.75 Å². The average Bonchev–Trinajstić information content (AvgIpc) is 3.33. The van der Waals surface area contributed by atoms with Crippen molar-refractivity contribution in [3.05, 3.63) is 70.7 Å². The number of hydrogen-bond donors (Lipinski definition) is 1. The number of pyridine rings is 1. The van der Waals surface area contributed by atoms with Gasteiger partial charge in [0.15, 0.2) is 5.76 Å². The number of carbonyl (C=O) groups excluding carboxylic acids is 2. The largest absolute Gasteiger partial charge is 0.505 e. The van der Waals surface area contributed by atoms with E-state index in [1.807, 2.05) is 67.8 Å². The van der Waals surface area contributed by atoms with Crippen molar-refractivity contribution in [2.45, 2.75) is 39.7 Å². The molecular weight excluding hydrogens is 446 g/mol. The summed E-state index contributed by atoms with van der Waals surface area (Å²) in [6, 6.07) is 10.4. The number of ether oxygens (including phenoxy) is 2. The number of aryl methyl sites for hydroxylation is 2. The first-order valence-electron chi connectivity index (χ1n) is 11.8. The molecule has 1 atom stereocenters. The highest BCUT2D eigenvalue weighted by Crippen LogP contribution is 2.40. The fourth-order valence-corrected chi connectivity index (χ4v) is 4.50. The number of benzene rings is 1. The van der Waals surface area contributed by atoms with Gasteiger partial charge in [-0.25, -0.2) is 4.98 Å². The molecule has 3 heterocycles. The van der Waals surface area contributed by atoms with Crippen molar-refractivity contribution in [2.75, 3.05) is 26.9 Å². The summed E-state index contributed by atoms with van der Waals surface area (Å²) in [7, 11) is 1.59. The molecule has 0 spiro atoms. The molecule has 8 nitrogen and oxygen atoms in total. The number of likely N-dealkylation sites (tertiary alicyclic amines) is 1. The quantitative estimate of drug-likeness (QED) is 0.215. The van der Waals surface area contributed by atoms with Gasteiger partial charge < -0.3 is 23.9 Å². The molecule has 0 aliphatic carbocycles. The number of imidazole rings is 1. The molecule has 1 saturated heterocycles. The molecule has 1 aliphatic rings. The zero-order chi connectivity index (χ0) is 25.1. The summed E-state index contributed by atoms with van der Waals surface area (Å²) >= 11 is 0. The molecule has 3 aromatic rings. The third-order valence-electron chi connectivity index (χ3n) is 6.24. The molecule has 0 bridgehead atoms. The summed E-state index contributed by atoms with van der Waals surface area (Å²) in [5.74, 6) is -1.00. The second kappa shape index (κ2) is 10.3. The van der Waals surface area contributed by atoms with Crippen LogP contribution in [-0.4, -0.2) is 57.9 Å². The Morgan fingerprint density at radius 1 is 1.14 bits per heavy atom. The maximum Gasteiger partial charge on any atom is 0.295 e. The average molecular weight is 478 g/mol. The summed E-state index contributed by atoms with van der Waals surface area (Å²) in [4.78, 5) is 32.6. The fraction of sp³-hybridized carbons (Fsp3) is 0.370. The van der Waals surface area contributed by atoms with Gasteiger partial charge in [-0.3, -0.25) is 9.59 Å². The second-order valence-corrected chi connectivity index (χ2v) is 8.69. The summed E-state index contributed by atoms with van der Waals surface area (Å²) < 4.78 is 12.8. The van der Waals surface area contributed by atoms with Crippen molar-refractivity contribution in [1.29, 1.82) is 0 Å². The van der Waals surface area contributed by atoms with E-state index in [2.05, 4.69) is 4.98 Å². The minimum atomic E-state index is -0.762. The van der Waals surface area contributed by atoms with Crippen LogP contribution in [0.5, 0.6) is 5.75 Å². The van der Waals surface area contributed by atoms with E-state index in [1.54, 1.807) is 7.11 Å². The number of amides is 1. The molecule has 1 aliphatic heterocycles. The van der Waals surface area contributed by atoms with Crippen LogP contribution in [-0.2, 0) is 14.3 Å². The SMILES string of the molecule is CCCOc1cccc(C2C(=C(O)c3nc4c(C)cccn4c3C)C(=O)C(=O)N2CCCOC)c1. The van der Waals surface area contributed by atoms with E-state index in [4.69, 9.17) is 9.47 Å². The number of rotatable bonds is 9. The predicted molar refractivity (Wildman–Crippen MR) is 132 cm³/mol. The molecule has 0 radical (unpaired) electrons. The molecule has 4 rings (SSSR count). The topological polar surface area (TPSA) is 93.4 Å². The van der Waals surface area contributed by atoms with Crippen molar-refractivity contribution in [3.63, 3.8) is 0 Å². The summed E-state index contributed by atoms with van der Waals surface area (Å²) in [5, 5.41) is 11.5. The number of fused-ring (bicyclic) bond motifs is 1. The van der Waals surface area contributed by atoms with Gasteiger partial charge in [0.1, 0.15) is 17.1 Å². The molecule has 1 aromatic carbocycles. The van der Waals surface area contributed by atoms with Crippen LogP contribution in [0.1, 0.15) is 48.3 Å². The first kappa shape index (κ1) is 24.5. The van der Waals surface area contributed by atoms with Crippen molar-refractivity contribution in [2.24, 2.45) is 0 Å². The minimum Gasteiger partial charge on any atom is -0.505 e. The zero-order valence-electron chi connectivity index (χ0n) is 20.6. The molecule has 1 unspecified atom stereocenters. The molecule has 0 saturated carbocycles. The predicted octanol–water partition coefficient (Wildman–Crippen LogP) is 4.20. The van der Waals surface area contributed by atoms with Gasteiger partial charge in [-0.1, -0.05) is 25.1 Å². The van der Waals surface area contributed by atoms with Gasteiger partial charge in [-0.2, -0.15) is 0 Å². The molecular formula is C27H31N3O5. The number of aliphatic hydroxyl groups is 1. The van der Waals surface area contributed by atoms with Crippen LogP contribution in [0.15, 0.2) is 48.2 Å². The first-order valence-corrected chi connectivity index (χ1v) is 11.8. The number of methoxy groups -OCH3 is 1. The highest BCUT2D eigenvalue weighted by atomic mass is 16.5. The van der Waals surface area contributed by atoms with E-state index < -0.39 is 17.7 Å². The molecule has 1 N–H and O–H groups in total. The third-order valence-corrected chi connectivity index (χ3v) is 6.24. The summed E-state index contributed by atoms with van der Waals surface area (Å²) in [6.45, 7) is 7.09. The van der Waals surface area contributed by atoms with Crippen LogP contribution in [0.2, 0.25) is 0 Å². The van der Waals surface area contributed by atoms with Crippen LogP contribution >= 0.6 is 0 Å². The highest BCUT2D eigenvalue weighted by Gasteiger charge is 2.46. The zero-order valence-corrected chi connectivity index (χ0v) is 20.6. The van der Waals surface area contributed by atoms with Crippen LogP contribution in [0.4, 0.5) is 0 Å². The molecule has 8 heteroatoms. The van der Waals surface area contributed by atoms with E-state index in [-0.39, 0.29) is 17.0 Å². The summed E-state index contributed by atoms with van der Waals surface area (Å²) in [5.41, 5.74) is 3.32.